The van der Waals surface area contributed by atoms with Crippen LogP contribution in [0.1, 0.15) is 46.0 Å². The minimum absolute atomic E-state index is 0.00704. The fourth-order valence-corrected chi connectivity index (χ4v) is 4.31. The third-order valence-electron chi connectivity index (χ3n) is 5.93. The molecule has 3 fully saturated rings. The maximum atomic E-state index is 12.8. The summed E-state index contributed by atoms with van der Waals surface area (Å²) < 4.78 is 0. The molecule has 2 aliphatic heterocycles. The first kappa shape index (κ1) is 19.3. The summed E-state index contributed by atoms with van der Waals surface area (Å²) >= 11 is 0. The van der Waals surface area contributed by atoms with E-state index in [-0.39, 0.29) is 23.1 Å². The average Bonchev–Trinajstić information content (AvgIpc) is 3.16. The molecule has 1 aliphatic carbocycles. The van der Waals surface area contributed by atoms with Crippen LogP contribution in [0.5, 0.6) is 0 Å². The first-order valence-electron chi connectivity index (χ1n) is 9.96. The topological polar surface area (TPSA) is 73.0 Å². The van der Waals surface area contributed by atoms with Gasteiger partial charge < -0.3 is 5.32 Å². The molecule has 0 aromatic heterocycles. The van der Waals surface area contributed by atoms with Gasteiger partial charge in [0.15, 0.2) is 0 Å². The highest BCUT2D eigenvalue weighted by Gasteiger charge is 2.52. The van der Waals surface area contributed by atoms with Crippen molar-refractivity contribution in [2.24, 2.45) is 11.3 Å². The van der Waals surface area contributed by atoms with Crippen molar-refractivity contribution in [2.75, 3.05) is 45.9 Å². The molecule has 7 nitrogen and oxygen atoms in total. The van der Waals surface area contributed by atoms with E-state index in [1.807, 2.05) is 0 Å². The van der Waals surface area contributed by atoms with E-state index in [2.05, 4.69) is 29.0 Å². The van der Waals surface area contributed by atoms with Gasteiger partial charge in [-0.2, -0.15) is 0 Å². The number of hydrogen-bond donors (Lipinski definition) is 1. The standard InChI is InChI=1S/C19H32N4O3/c1-15(2)12-20-16(24)13-21-7-9-22(10-8-21)14-23-17(25)11-19(18(23)26)5-3-4-6-19/h15H,3-14H2,1-2H3,(H,20,24). The predicted molar refractivity (Wildman–Crippen MR) is 98.1 cm³/mol. The van der Waals surface area contributed by atoms with Crippen molar-refractivity contribution in [3.63, 3.8) is 0 Å². The monoisotopic (exact) mass is 364 g/mol. The summed E-state index contributed by atoms with van der Waals surface area (Å²) in [5, 5.41) is 2.95. The molecule has 0 radical (unpaired) electrons. The largest absolute Gasteiger partial charge is 0.355 e. The van der Waals surface area contributed by atoms with E-state index in [0.717, 1.165) is 51.9 Å². The van der Waals surface area contributed by atoms with Crippen LogP contribution in [0.25, 0.3) is 0 Å². The van der Waals surface area contributed by atoms with Crippen molar-refractivity contribution >= 4 is 17.7 Å². The molecule has 146 valence electrons. The number of hydrogen-bond acceptors (Lipinski definition) is 5. The summed E-state index contributed by atoms with van der Waals surface area (Å²) in [6, 6.07) is 0. The van der Waals surface area contributed by atoms with Crippen molar-refractivity contribution in [3.8, 4) is 0 Å². The van der Waals surface area contributed by atoms with Crippen LogP contribution in [0, 0.1) is 11.3 Å². The molecule has 0 aromatic rings. The molecule has 0 unspecified atom stereocenters. The Balaban J connectivity index is 1.43. The van der Waals surface area contributed by atoms with Crippen LogP contribution in [-0.4, -0.2) is 78.4 Å². The summed E-state index contributed by atoms with van der Waals surface area (Å²) in [6.45, 7) is 8.83. The van der Waals surface area contributed by atoms with Crippen LogP contribution in [0.3, 0.4) is 0 Å². The fraction of sp³-hybridized carbons (Fsp3) is 0.842. The molecule has 0 bridgehead atoms. The van der Waals surface area contributed by atoms with Crippen molar-refractivity contribution in [3.05, 3.63) is 0 Å². The number of piperazine rings is 1. The van der Waals surface area contributed by atoms with Crippen molar-refractivity contribution < 1.29 is 14.4 Å². The zero-order valence-electron chi connectivity index (χ0n) is 16.1. The Bertz CT molecular complexity index is 549. The summed E-state index contributed by atoms with van der Waals surface area (Å²) in [6.07, 6.45) is 4.26. The van der Waals surface area contributed by atoms with E-state index < -0.39 is 0 Å². The molecule has 3 amide bonds. The third-order valence-corrected chi connectivity index (χ3v) is 5.93. The highest BCUT2D eigenvalue weighted by molar-refractivity contribution is 6.06. The maximum Gasteiger partial charge on any atom is 0.237 e. The molecule has 3 rings (SSSR count). The molecule has 0 atom stereocenters. The lowest BCUT2D eigenvalue weighted by atomic mass is 9.85. The molecule has 0 aromatic carbocycles. The minimum Gasteiger partial charge on any atom is -0.355 e. The van der Waals surface area contributed by atoms with Gasteiger partial charge in [-0.05, 0) is 18.8 Å². The Kier molecular flexibility index (Phi) is 5.97. The van der Waals surface area contributed by atoms with Gasteiger partial charge >= 0.3 is 0 Å². The second kappa shape index (κ2) is 8.05. The highest BCUT2D eigenvalue weighted by Crippen LogP contribution is 2.46. The number of amides is 3. The van der Waals surface area contributed by atoms with Gasteiger partial charge in [-0.15, -0.1) is 0 Å². The van der Waals surface area contributed by atoms with E-state index in [1.54, 1.807) is 0 Å². The maximum absolute atomic E-state index is 12.8. The molecule has 3 aliphatic rings. The molecule has 2 saturated heterocycles. The minimum atomic E-state index is -0.382. The lowest BCUT2D eigenvalue weighted by molar-refractivity contribution is -0.144. The zero-order valence-corrected chi connectivity index (χ0v) is 16.1. The molecule has 1 spiro atoms. The Hall–Kier alpha value is -1.47. The first-order valence-corrected chi connectivity index (χ1v) is 9.96. The number of carbonyl (C=O) groups excluding carboxylic acids is 3. The summed E-state index contributed by atoms with van der Waals surface area (Å²) in [7, 11) is 0. The molecule has 1 saturated carbocycles. The summed E-state index contributed by atoms with van der Waals surface area (Å²) in [5.74, 6) is 0.567. The number of nitrogens with zero attached hydrogens (tertiary/aromatic N) is 3. The molecule has 26 heavy (non-hydrogen) atoms. The molecular weight excluding hydrogens is 332 g/mol. The third kappa shape index (κ3) is 4.26. The normalized spacial score (nSPS) is 24.2. The van der Waals surface area contributed by atoms with Crippen LogP contribution < -0.4 is 5.32 Å². The Morgan fingerprint density at radius 2 is 1.69 bits per heavy atom. The Morgan fingerprint density at radius 3 is 2.31 bits per heavy atom. The molecule has 1 N–H and O–H groups in total. The van der Waals surface area contributed by atoms with Crippen molar-refractivity contribution in [1.82, 2.24) is 20.0 Å². The summed E-state index contributed by atoms with van der Waals surface area (Å²) in [4.78, 5) is 42.9. The van der Waals surface area contributed by atoms with Gasteiger partial charge in [-0.3, -0.25) is 29.1 Å². The molecule has 7 heteroatoms. The second-order valence-electron chi connectivity index (χ2n) is 8.52. The van der Waals surface area contributed by atoms with Crippen molar-refractivity contribution in [1.29, 1.82) is 0 Å². The first-order chi connectivity index (χ1) is 12.4. The predicted octanol–water partition coefficient (Wildman–Crippen LogP) is 0.653. The van der Waals surface area contributed by atoms with Crippen LogP contribution in [0.4, 0.5) is 0 Å². The summed E-state index contributed by atoms with van der Waals surface area (Å²) in [5.41, 5.74) is -0.382. The van der Waals surface area contributed by atoms with Crippen LogP contribution in [0.2, 0.25) is 0 Å². The fourth-order valence-electron chi connectivity index (χ4n) is 4.31. The van der Waals surface area contributed by atoms with Gasteiger partial charge in [0.05, 0.1) is 18.6 Å². The van der Waals surface area contributed by atoms with E-state index in [1.165, 1.54) is 4.90 Å². The van der Waals surface area contributed by atoms with E-state index in [0.29, 0.717) is 32.1 Å². The number of imide groups is 1. The molecule has 2 heterocycles. The van der Waals surface area contributed by atoms with Gasteiger partial charge in [0, 0.05) is 39.1 Å². The quantitative estimate of drug-likeness (QED) is 0.701. The van der Waals surface area contributed by atoms with E-state index in [9.17, 15) is 14.4 Å². The van der Waals surface area contributed by atoms with Crippen LogP contribution in [-0.2, 0) is 14.4 Å². The zero-order chi connectivity index (χ0) is 18.7. The number of nitrogens with one attached hydrogen (secondary N) is 1. The molecular formula is C19H32N4O3. The highest BCUT2D eigenvalue weighted by atomic mass is 16.2. The van der Waals surface area contributed by atoms with Gasteiger partial charge in [-0.1, -0.05) is 26.7 Å². The van der Waals surface area contributed by atoms with Crippen LogP contribution >= 0.6 is 0 Å². The van der Waals surface area contributed by atoms with Crippen LogP contribution in [0.15, 0.2) is 0 Å². The Morgan fingerprint density at radius 1 is 1.08 bits per heavy atom. The number of rotatable bonds is 6. The van der Waals surface area contributed by atoms with Gasteiger partial charge in [0.25, 0.3) is 0 Å². The number of carbonyl (C=O) groups is 3. The van der Waals surface area contributed by atoms with Gasteiger partial charge in [0.2, 0.25) is 17.7 Å². The SMILES string of the molecule is CC(C)CNC(=O)CN1CCN(CN2C(=O)CC3(CCCC3)C2=O)CC1. The van der Waals surface area contributed by atoms with E-state index >= 15 is 0 Å². The van der Waals surface area contributed by atoms with E-state index in [4.69, 9.17) is 0 Å². The Labute approximate surface area is 156 Å². The van der Waals surface area contributed by atoms with Gasteiger partial charge in [0.1, 0.15) is 0 Å². The lowest BCUT2D eigenvalue weighted by Crippen LogP contribution is -2.53. The lowest BCUT2D eigenvalue weighted by Gasteiger charge is -2.36. The smallest absolute Gasteiger partial charge is 0.237 e. The average molecular weight is 364 g/mol. The van der Waals surface area contributed by atoms with Crippen molar-refractivity contribution in [2.45, 2.75) is 46.0 Å². The van der Waals surface area contributed by atoms with Gasteiger partial charge in [-0.25, -0.2) is 0 Å². The number of likely N-dealkylation sites (tertiary alicyclic amines) is 1. The second-order valence-corrected chi connectivity index (χ2v) is 8.52.